The van der Waals surface area contributed by atoms with Gasteiger partial charge in [0.25, 0.3) is 0 Å². The highest BCUT2D eigenvalue weighted by atomic mass is 79.9. The number of benzene rings is 1. The van der Waals surface area contributed by atoms with Crippen molar-refractivity contribution in [1.29, 1.82) is 0 Å². The minimum Gasteiger partial charge on any atom is -0.228 e. The van der Waals surface area contributed by atoms with Gasteiger partial charge in [-0.05, 0) is 40.2 Å². The lowest BCUT2D eigenvalue weighted by Gasteiger charge is -2.03. The van der Waals surface area contributed by atoms with Gasteiger partial charge in [0.05, 0.1) is 9.30 Å². The van der Waals surface area contributed by atoms with Crippen LogP contribution in [0, 0.1) is 5.82 Å². The Morgan fingerprint density at radius 2 is 2.06 bits per heavy atom. The average Bonchev–Trinajstić information content (AvgIpc) is 2.77. The Kier molecular flexibility index (Phi) is 3.05. The summed E-state index contributed by atoms with van der Waals surface area (Å²) in [6.45, 7) is 0. The second-order valence-electron chi connectivity index (χ2n) is 3.64. The first-order chi connectivity index (χ1) is 8.63. The van der Waals surface area contributed by atoms with E-state index in [2.05, 4.69) is 25.9 Å². The Morgan fingerprint density at radius 3 is 2.78 bits per heavy atom. The second-order valence-corrected chi connectivity index (χ2v) is 6.29. The van der Waals surface area contributed by atoms with Crippen molar-refractivity contribution in [2.24, 2.45) is 0 Å². The zero-order valence-corrected chi connectivity index (χ0v) is 12.0. The summed E-state index contributed by atoms with van der Waals surface area (Å²) >= 11 is 11.0. The van der Waals surface area contributed by atoms with Gasteiger partial charge in [0, 0.05) is 16.3 Å². The molecule has 0 fully saturated rings. The van der Waals surface area contributed by atoms with Gasteiger partial charge in [-0.25, -0.2) is 14.4 Å². The monoisotopic (exact) mass is 342 g/mol. The minimum atomic E-state index is -0.348. The lowest BCUT2D eigenvalue weighted by Crippen LogP contribution is -1.91. The third kappa shape index (κ3) is 2.13. The Bertz CT molecular complexity index is 744. The quantitative estimate of drug-likeness (QED) is 0.587. The molecule has 2 heterocycles. The van der Waals surface area contributed by atoms with Crippen LogP contribution in [0.2, 0.25) is 5.15 Å². The normalized spacial score (nSPS) is 11.1. The van der Waals surface area contributed by atoms with Gasteiger partial charge in [-0.3, -0.25) is 0 Å². The molecule has 18 heavy (non-hydrogen) atoms. The third-order valence-corrected chi connectivity index (χ3v) is 4.23. The van der Waals surface area contributed by atoms with Gasteiger partial charge in [-0.1, -0.05) is 11.6 Å². The molecule has 0 atom stereocenters. The lowest BCUT2D eigenvalue weighted by molar-refractivity contribution is 0.629. The summed E-state index contributed by atoms with van der Waals surface area (Å²) in [4.78, 5) is 8.58. The molecule has 6 heteroatoms. The van der Waals surface area contributed by atoms with Gasteiger partial charge < -0.3 is 0 Å². The number of fused-ring (bicyclic) bond motifs is 1. The maximum atomic E-state index is 13.1. The highest BCUT2D eigenvalue weighted by Crippen LogP contribution is 2.30. The van der Waals surface area contributed by atoms with Crippen molar-refractivity contribution in [2.45, 2.75) is 0 Å². The molecule has 0 amide bonds. The molecule has 0 aliphatic rings. The molecule has 2 aromatic heterocycles. The lowest BCUT2D eigenvalue weighted by atomic mass is 10.2. The number of hydrogen-bond acceptors (Lipinski definition) is 3. The van der Waals surface area contributed by atoms with Gasteiger partial charge in [-0.15, -0.1) is 11.3 Å². The first kappa shape index (κ1) is 12.0. The molecule has 0 radical (unpaired) electrons. The van der Waals surface area contributed by atoms with E-state index >= 15 is 0 Å². The van der Waals surface area contributed by atoms with Crippen molar-refractivity contribution in [2.75, 3.05) is 0 Å². The molecular weight excluding hydrogens is 339 g/mol. The summed E-state index contributed by atoms with van der Waals surface area (Å²) in [7, 11) is 0. The number of rotatable bonds is 1. The summed E-state index contributed by atoms with van der Waals surface area (Å²) in [5.74, 6) is 0.195. The van der Waals surface area contributed by atoms with E-state index in [4.69, 9.17) is 11.6 Å². The summed E-state index contributed by atoms with van der Waals surface area (Å²) < 4.78 is 14.1. The fourth-order valence-corrected chi connectivity index (χ4v) is 2.99. The summed E-state index contributed by atoms with van der Waals surface area (Å²) in [6.07, 6.45) is 0. The van der Waals surface area contributed by atoms with Crippen LogP contribution in [0.1, 0.15) is 0 Å². The first-order valence-corrected chi connectivity index (χ1v) is 7.06. The molecule has 90 valence electrons. The Balaban J connectivity index is 2.24. The van der Waals surface area contributed by atoms with E-state index in [-0.39, 0.29) is 11.0 Å². The van der Waals surface area contributed by atoms with Gasteiger partial charge in [0.15, 0.2) is 5.82 Å². The van der Waals surface area contributed by atoms with Crippen LogP contribution in [0.25, 0.3) is 22.3 Å². The third-order valence-electron chi connectivity index (χ3n) is 2.44. The molecular formula is C12H5BrClFN2S. The SMILES string of the molecule is Fc1ccc2nc(-c3csc(Br)c3)nc(Cl)c2c1. The molecule has 0 N–H and O–H groups in total. The van der Waals surface area contributed by atoms with E-state index in [1.165, 1.54) is 12.1 Å². The van der Waals surface area contributed by atoms with Gasteiger partial charge in [-0.2, -0.15) is 0 Å². The van der Waals surface area contributed by atoms with Gasteiger partial charge in [0.1, 0.15) is 11.0 Å². The van der Waals surface area contributed by atoms with Crippen LogP contribution in [0.5, 0.6) is 0 Å². The summed E-state index contributed by atoms with van der Waals surface area (Å²) in [5.41, 5.74) is 1.52. The van der Waals surface area contributed by atoms with E-state index in [9.17, 15) is 4.39 Å². The van der Waals surface area contributed by atoms with Crippen LogP contribution < -0.4 is 0 Å². The molecule has 1 aromatic carbocycles. The Morgan fingerprint density at radius 1 is 1.22 bits per heavy atom. The van der Waals surface area contributed by atoms with Crippen molar-refractivity contribution in [3.8, 4) is 11.4 Å². The van der Waals surface area contributed by atoms with Crippen molar-refractivity contribution in [3.63, 3.8) is 0 Å². The average molecular weight is 344 g/mol. The highest BCUT2D eigenvalue weighted by molar-refractivity contribution is 9.11. The van der Waals surface area contributed by atoms with Gasteiger partial charge >= 0.3 is 0 Å². The predicted octanol–water partition coefficient (Wildman–Crippen LogP) is 4.91. The van der Waals surface area contributed by atoms with Crippen LogP contribution in [0.3, 0.4) is 0 Å². The van der Waals surface area contributed by atoms with Crippen molar-refractivity contribution < 1.29 is 4.39 Å². The Labute approximate surface area is 120 Å². The topological polar surface area (TPSA) is 25.8 Å². The second kappa shape index (κ2) is 4.57. The number of halogens is 3. The molecule has 2 nitrogen and oxygen atoms in total. The molecule has 0 saturated carbocycles. The maximum Gasteiger partial charge on any atom is 0.162 e. The zero-order chi connectivity index (χ0) is 12.7. The molecule has 0 bridgehead atoms. The van der Waals surface area contributed by atoms with Crippen LogP contribution in [-0.2, 0) is 0 Å². The molecule has 3 aromatic rings. The van der Waals surface area contributed by atoms with Crippen LogP contribution >= 0.6 is 38.9 Å². The molecule has 0 spiro atoms. The fraction of sp³-hybridized carbons (Fsp3) is 0. The van der Waals surface area contributed by atoms with E-state index in [1.807, 2.05) is 11.4 Å². The number of thiophene rings is 1. The predicted molar refractivity (Wildman–Crippen MR) is 75.5 cm³/mol. The number of hydrogen-bond donors (Lipinski definition) is 0. The van der Waals surface area contributed by atoms with Crippen LogP contribution in [0.4, 0.5) is 4.39 Å². The van der Waals surface area contributed by atoms with Crippen molar-refractivity contribution >= 4 is 49.8 Å². The Hall–Kier alpha value is -1.04. The smallest absolute Gasteiger partial charge is 0.162 e. The molecule has 0 aliphatic carbocycles. The maximum absolute atomic E-state index is 13.1. The molecule has 0 aliphatic heterocycles. The number of nitrogens with zero attached hydrogens (tertiary/aromatic N) is 2. The zero-order valence-electron chi connectivity index (χ0n) is 8.82. The van der Waals surface area contributed by atoms with Crippen LogP contribution in [0.15, 0.2) is 33.4 Å². The van der Waals surface area contributed by atoms with Gasteiger partial charge in [0.2, 0.25) is 0 Å². The molecule has 0 unspecified atom stereocenters. The van der Waals surface area contributed by atoms with Crippen LogP contribution in [-0.4, -0.2) is 9.97 Å². The highest BCUT2D eigenvalue weighted by Gasteiger charge is 2.10. The minimum absolute atomic E-state index is 0.261. The summed E-state index contributed by atoms with van der Waals surface area (Å²) in [6, 6.07) is 6.22. The first-order valence-electron chi connectivity index (χ1n) is 5.01. The van der Waals surface area contributed by atoms with Crippen molar-refractivity contribution in [3.05, 3.63) is 44.4 Å². The molecule has 3 rings (SSSR count). The molecule has 0 saturated heterocycles. The van der Waals surface area contributed by atoms with E-state index in [0.29, 0.717) is 16.7 Å². The largest absolute Gasteiger partial charge is 0.228 e. The summed E-state index contributed by atoms with van der Waals surface area (Å²) in [5, 5.41) is 2.72. The number of aromatic nitrogens is 2. The van der Waals surface area contributed by atoms with E-state index in [1.54, 1.807) is 17.4 Å². The fourth-order valence-electron chi connectivity index (χ4n) is 1.62. The van der Waals surface area contributed by atoms with E-state index < -0.39 is 0 Å². The van der Waals surface area contributed by atoms with Crippen molar-refractivity contribution in [1.82, 2.24) is 9.97 Å². The van der Waals surface area contributed by atoms with E-state index in [0.717, 1.165) is 9.35 Å². The standard InChI is InChI=1S/C12H5BrClFN2S/c13-10-3-6(5-18-10)12-16-9-2-1-7(15)4-8(9)11(14)17-12/h1-5H.